The normalized spacial score (nSPS) is 20.3. The molecular formula is C29H33N3O6. The van der Waals surface area contributed by atoms with Crippen LogP contribution in [0.5, 0.6) is 5.75 Å². The highest BCUT2D eigenvalue weighted by Crippen LogP contribution is 2.38. The zero-order valence-corrected chi connectivity index (χ0v) is 22.0. The zero-order chi connectivity index (χ0) is 26.8. The molecule has 200 valence electrons. The van der Waals surface area contributed by atoms with Crippen molar-refractivity contribution in [1.82, 2.24) is 14.9 Å². The van der Waals surface area contributed by atoms with Gasteiger partial charge in [-0.15, -0.1) is 5.06 Å². The Kier molecular flexibility index (Phi) is 7.49. The highest BCUT2D eigenvalue weighted by Gasteiger charge is 2.34. The molecule has 2 aliphatic heterocycles. The van der Waals surface area contributed by atoms with E-state index in [-0.39, 0.29) is 30.6 Å². The van der Waals surface area contributed by atoms with Gasteiger partial charge in [0.25, 0.3) is 11.8 Å². The van der Waals surface area contributed by atoms with E-state index < -0.39 is 17.8 Å². The average Bonchev–Trinajstić information content (AvgIpc) is 3.54. The van der Waals surface area contributed by atoms with Gasteiger partial charge in [-0.3, -0.25) is 14.5 Å². The van der Waals surface area contributed by atoms with E-state index in [1.807, 2.05) is 25.3 Å². The molecule has 0 saturated carbocycles. The molecular weight excluding hydrogens is 486 g/mol. The van der Waals surface area contributed by atoms with Crippen molar-refractivity contribution < 1.29 is 28.7 Å². The highest BCUT2D eigenvalue weighted by molar-refractivity contribution is 6.02. The number of benzene rings is 2. The predicted molar refractivity (Wildman–Crippen MR) is 140 cm³/mol. The number of methoxy groups -OCH3 is 1. The number of likely N-dealkylation sites (tertiary alicyclic amines) is 1. The van der Waals surface area contributed by atoms with Gasteiger partial charge in [0, 0.05) is 61.2 Å². The topological polar surface area (TPSA) is 101 Å². The Morgan fingerprint density at radius 3 is 2.53 bits per heavy atom. The maximum atomic E-state index is 12.6. The van der Waals surface area contributed by atoms with Crippen LogP contribution >= 0.6 is 0 Å². The van der Waals surface area contributed by atoms with E-state index in [0.29, 0.717) is 18.2 Å². The molecule has 2 atom stereocenters. The number of aromatic amines is 1. The van der Waals surface area contributed by atoms with Gasteiger partial charge in [-0.2, -0.15) is 0 Å². The number of aromatic nitrogens is 1. The van der Waals surface area contributed by atoms with Crippen LogP contribution in [0, 0.1) is 6.92 Å². The molecule has 1 N–H and O–H groups in total. The first-order valence-corrected chi connectivity index (χ1v) is 13.1. The van der Waals surface area contributed by atoms with Crippen LogP contribution in [0.15, 0.2) is 42.6 Å². The number of amides is 2. The number of piperidine rings is 1. The van der Waals surface area contributed by atoms with Crippen molar-refractivity contribution >= 4 is 28.7 Å². The molecule has 0 spiro atoms. The van der Waals surface area contributed by atoms with E-state index in [1.54, 1.807) is 19.2 Å². The number of nitrogens with zero attached hydrogens (tertiary/aromatic N) is 2. The zero-order valence-electron chi connectivity index (χ0n) is 22.0. The average molecular weight is 520 g/mol. The van der Waals surface area contributed by atoms with Gasteiger partial charge in [-0.05, 0) is 62.1 Å². The van der Waals surface area contributed by atoms with E-state index >= 15 is 0 Å². The van der Waals surface area contributed by atoms with Gasteiger partial charge in [0.15, 0.2) is 0 Å². The molecule has 1 aromatic heterocycles. The molecule has 0 radical (unpaired) electrons. The second-order valence-corrected chi connectivity index (χ2v) is 9.81. The van der Waals surface area contributed by atoms with E-state index in [4.69, 9.17) is 14.3 Å². The first-order chi connectivity index (χ1) is 18.4. The van der Waals surface area contributed by atoms with Gasteiger partial charge in [-0.25, -0.2) is 4.79 Å². The standard InChI is InChI=1S/C29H33N3O6/c1-4-37-21-12-14-31(17-23-22-11-13-30-28(22)18(2)15-25(23)36-3)24(16-21)19-5-7-20(8-6-19)29(35)38-32-26(33)9-10-27(32)34/h5-8,11,13,15,21,24,30H,4,9-10,12,14,16-17H2,1-3H3/t21-,24-/m0/s1. The van der Waals surface area contributed by atoms with Crippen molar-refractivity contribution in [1.29, 1.82) is 0 Å². The second kappa shape index (κ2) is 11.0. The molecule has 2 aromatic carbocycles. The summed E-state index contributed by atoms with van der Waals surface area (Å²) in [5.41, 5.74) is 4.71. The van der Waals surface area contributed by atoms with Crippen LogP contribution in [0.2, 0.25) is 0 Å². The van der Waals surface area contributed by atoms with Crippen molar-refractivity contribution in [2.45, 2.75) is 58.2 Å². The number of ether oxygens (including phenoxy) is 2. The summed E-state index contributed by atoms with van der Waals surface area (Å²) in [6.45, 7) is 6.29. The van der Waals surface area contributed by atoms with Crippen LogP contribution in [0.1, 0.15) is 65.7 Å². The lowest BCUT2D eigenvalue weighted by molar-refractivity contribution is -0.172. The van der Waals surface area contributed by atoms with Crippen LogP contribution in [0.25, 0.3) is 10.9 Å². The molecule has 3 aromatic rings. The van der Waals surface area contributed by atoms with E-state index in [9.17, 15) is 14.4 Å². The smallest absolute Gasteiger partial charge is 0.363 e. The molecule has 3 heterocycles. The van der Waals surface area contributed by atoms with Crippen molar-refractivity contribution in [2.75, 3.05) is 20.3 Å². The monoisotopic (exact) mass is 519 g/mol. The summed E-state index contributed by atoms with van der Waals surface area (Å²) < 4.78 is 11.8. The fourth-order valence-corrected chi connectivity index (χ4v) is 5.52. The number of fused-ring (bicyclic) bond motifs is 1. The molecule has 2 aliphatic rings. The van der Waals surface area contributed by atoms with Gasteiger partial charge in [-0.1, -0.05) is 12.1 Å². The maximum absolute atomic E-state index is 12.6. The van der Waals surface area contributed by atoms with Gasteiger partial charge >= 0.3 is 5.97 Å². The minimum atomic E-state index is -0.730. The van der Waals surface area contributed by atoms with Gasteiger partial charge in [0.2, 0.25) is 0 Å². The largest absolute Gasteiger partial charge is 0.496 e. The Hall–Kier alpha value is -3.69. The molecule has 2 amide bonds. The Bertz CT molecular complexity index is 1330. The molecule has 2 saturated heterocycles. The lowest BCUT2D eigenvalue weighted by atomic mass is 9.91. The lowest BCUT2D eigenvalue weighted by Gasteiger charge is -2.40. The number of hydrogen-bond donors (Lipinski definition) is 1. The fraction of sp³-hybridized carbons (Fsp3) is 0.414. The number of H-pyrrole nitrogens is 1. The van der Waals surface area contributed by atoms with E-state index in [1.165, 1.54) is 0 Å². The summed E-state index contributed by atoms with van der Waals surface area (Å²) in [6.07, 6.45) is 3.97. The maximum Gasteiger partial charge on any atom is 0.363 e. The van der Waals surface area contributed by atoms with Crippen molar-refractivity contribution in [3.8, 4) is 5.75 Å². The first kappa shape index (κ1) is 25.9. The Labute approximate surface area is 221 Å². The Morgan fingerprint density at radius 2 is 1.84 bits per heavy atom. The minimum absolute atomic E-state index is 0.0599. The van der Waals surface area contributed by atoms with E-state index in [0.717, 1.165) is 52.7 Å². The molecule has 0 aliphatic carbocycles. The molecule has 5 rings (SSSR count). The summed E-state index contributed by atoms with van der Waals surface area (Å²) in [5, 5.41) is 1.72. The van der Waals surface area contributed by atoms with Crippen LogP contribution in [0.3, 0.4) is 0 Å². The van der Waals surface area contributed by atoms with Crippen LogP contribution in [-0.2, 0) is 25.7 Å². The van der Waals surface area contributed by atoms with Crippen molar-refractivity contribution in [2.24, 2.45) is 0 Å². The third kappa shape index (κ3) is 5.04. The summed E-state index contributed by atoms with van der Waals surface area (Å²) in [4.78, 5) is 47.1. The number of aryl methyl sites for hydroxylation is 1. The van der Waals surface area contributed by atoms with Crippen molar-refractivity contribution in [3.63, 3.8) is 0 Å². The summed E-state index contributed by atoms with van der Waals surface area (Å²) in [6, 6.07) is 11.4. The van der Waals surface area contributed by atoms with Gasteiger partial charge < -0.3 is 19.3 Å². The number of carbonyl (C=O) groups excluding carboxylic acids is 3. The lowest BCUT2D eigenvalue weighted by Crippen LogP contribution is -2.39. The molecule has 2 fully saturated rings. The quantitative estimate of drug-likeness (QED) is 0.439. The third-order valence-corrected chi connectivity index (χ3v) is 7.47. The molecule has 9 heteroatoms. The second-order valence-electron chi connectivity index (χ2n) is 9.81. The third-order valence-electron chi connectivity index (χ3n) is 7.47. The summed E-state index contributed by atoms with van der Waals surface area (Å²) >= 11 is 0. The van der Waals surface area contributed by atoms with Crippen LogP contribution in [0.4, 0.5) is 0 Å². The number of imide groups is 1. The highest BCUT2D eigenvalue weighted by atomic mass is 16.7. The SMILES string of the molecule is CCO[C@H]1CCN(Cc2c(OC)cc(C)c3[nH]ccc23)[C@H](c2ccc(C(=O)ON3C(=O)CCC3=O)cc2)C1. The number of carbonyl (C=O) groups is 3. The van der Waals surface area contributed by atoms with Gasteiger partial charge in [0.05, 0.1) is 18.8 Å². The number of hydrogen-bond acceptors (Lipinski definition) is 7. The van der Waals surface area contributed by atoms with Crippen LogP contribution in [-0.4, -0.2) is 59.1 Å². The van der Waals surface area contributed by atoms with E-state index in [2.05, 4.69) is 28.9 Å². The Balaban J connectivity index is 1.40. The number of nitrogens with one attached hydrogen (secondary N) is 1. The number of hydroxylamine groups is 2. The van der Waals surface area contributed by atoms with Gasteiger partial charge in [0.1, 0.15) is 5.75 Å². The summed E-state index contributed by atoms with van der Waals surface area (Å²) in [5.74, 6) is -0.859. The Morgan fingerprint density at radius 1 is 1.11 bits per heavy atom. The molecule has 9 nitrogen and oxygen atoms in total. The van der Waals surface area contributed by atoms with Crippen molar-refractivity contribution in [3.05, 3.63) is 64.8 Å². The fourth-order valence-electron chi connectivity index (χ4n) is 5.52. The number of rotatable bonds is 8. The summed E-state index contributed by atoms with van der Waals surface area (Å²) in [7, 11) is 1.71. The molecule has 38 heavy (non-hydrogen) atoms. The molecule has 0 unspecified atom stereocenters. The molecule has 0 bridgehead atoms. The van der Waals surface area contributed by atoms with Crippen LogP contribution < -0.4 is 4.74 Å². The minimum Gasteiger partial charge on any atom is -0.496 e. The first-order valence-electron chi connectivity index (χ1n) is 13.1. The predicted octanol–water partition coefficient (Wildman–Crippen LogP) is 4.45.